The molecule has 33 heavy (non-hydrogen) atoms. The number of anilines is 1. The Kier molecular flexibility index (Phi) is 7.13. The highest BCUT2D eigenvalue weighted by Gasteiger charge is 2.30. The Morgan fingerprint density at radius 1 is 1.06 bits per heavy atom. The van der Waals surface area contributed by atoms with Gasteiger partial charge in [-0.15, -0.1) is 0 Å². The summed E-state index contributed by atoms with van der Waals surface area (Å²) >= 11 is 5.83. The van der Waals surface area contributed by atoms with E-state index in [0.29, 0.717) is 6.07 Å². The van der Waals surface area contributed by atoms with Gasteiger partial charge in [-0.2, -0.15) is 13.2 Å². The van der Waals surface area contributed by atoms with Crippen LogP contribution in [0.2, 0.25) is 5.02 Å². The van der Waals surface area contributed by atoms with Gasteiger partial charge in [0.15, 0.2) is 6.61 Å². The number of carbonyl (C=O) groups excluding carboxylic acids is 1. The van der Waals surface area contributed by atoms with Crippen LogP contribution in [-0.4, -0.2) is 28.8 Å². The normalized spacial score (nSPS) is 11.4. The van der Waals surface area contributed by atoms with Crippen LogP contribution in [0.4, 0.5) is 32.0 Å². The first-order valence-electron chi connectivity index (χ1n) is 9.05. The summed E-state index contributed by atoms with van der Waals surface area (Å²) in [5.41, 5.74) is -2.26. The number of halogens is 7. The third kappa shape index (κ3) is 5.74. The molecule has 0 aliphatic heterocycles. The van der Waals surface area contributed by atoms with Gasteiger partial charge in [0.1, 0.15) is 28.9 Å². The molecule has 2 N–H and O–H groups in total. The molecule has 0 saturated heterocycles. The van der Waals surface area contributed by atoms with Crippen LogP contribution >= 0.6 is 11.6 Å². The highest BCUT2D eigenvalue weighted by molar-refractivity contribution is 6.34. The smallest absolute Gasteiger partial charge is 0.422 e. The van der Waals surface area contributed by atoms with Crippen LogP contribution in [0, 0.1) is 17.5 Å². The van der Waals surface area contributed by atoms with Gasteiger partial charge in [-0.3, -0.25) is 4.79 Å². The molecule has 3 aromatic rings. The molecular weight excluding hydrogens is 478 g/mol. The summed E-state index contributed by atoms with van der Waals surface area (Å²) in [6, 6.07) is 6.73. The van der Waals surface area contributed by atoms with Crippen LogP contribution in [0.1, 0.15) is 16.1 Å². The van der Waals surface area contributed by atoms with Crippen LogP contribution in [0.15, 0.2) is 42.5 Å². The number of hydrogen-bond donors (Lipinski definition) is 2. The standard InChI is InChI=1S/C21H13ClF6N2O3/c22-12-2-1-3-14(24)19(12)30-20(32)11-6-15(25)10(7-18(11)33-9-21(26,27)28)16-5-4-13(23)17(8-31)29-16/h1-7,31H,8-9H2,(H,30,32). The second-order valence-corrected chi connectivity index (χ2v) is 6.97. The number of amides is 1. The summed E-state index contributed by atoms with van der Waals surface area (Å²) in [6.07, 6.45) is -4.80. The summed E-state index contributed by atoms with van der Waals surface area (Å²) in [5, 5.41) is 11.0. The number of aliphatic hydroxyl groups excluding tert-OH is 1. The first-order valence-corrected chi connectivity index (χ1v) is 9.43. The second-order valence-electron chi connectivity index (χ2n) is 6.57. The summed E-state index contributed by atoms with van der Waals surface area (Å²) in [4.78, 5) is 16.4. The van der Waals surface area contributed by atoms with Gasteiger partial charge in [0.25, 0.3) is 5.91 Å². The Labute approximate surface area is 187 Å². The van der Waals surface area contributed by atoms with Crippen molar-refractivity contribution >= 4 is 23.2 Å². The minimum absolute atomic E-state index is 0.203. The van der Waals surface area contributed by atoms with Gasteiger partial charge in [-0.1, -0.05) is 17.7 Å². The van der Waals surface area contributed by atoms with Gasteiger partial charge in [-0.05, 0) is 36.4 Å². The van der Waals surface area contributed by atoms with Gasteiger partial charge in [0, 0.05) is 5.56 Å². The van der Waals surface area contributed by atoms with Crippen molar-refractivity contribution < 1.29 is 41.0 Å². The lowest BCUT2D eigenvalue weighted by atomic mass is 10.0. The molecule has 3 rings (SSSR count). The fraction of sp³-hybridized carbons (Fsp3) is 0.143. The Morgan fingerprint density at radius 2 is 1.79 bits per heavy atom. The van der Waals surface area contributed by atoms with E-state index in [1.165, 1.54) is 12.1 Å². The minimum atomic E-state index is -4.80. The Hall–Kier alpha value is -3.31. The number of aliphatic hydroxyl groups is 1. The van der Waals surface area contributed by atoms with Gasteiger partial charge in [0.2, 0.25) is 0 Å². The van der Waals surface area contributed by atoms with E-state index in [1.807, 2.05) is 0 Å². The molecule has 0 unspecified atom stereocenters. The molecule has 1 heterocycles. The molecular formula is C21H13ClF6N2O3. The topological polar surface area (TPSA) is 71.5 Å². The average molecular weight is 491 g/mol. The third-order valence-corrected chi connectivity index (χ3v) is 4.57. The molecule has 0 fully saturated rings. The van der Waals surface area contributed by atoms with Gasteiger partial charge in [0.05, 0.1) is 28.6 Å². The number of para-hydroxylation sites is 1. The molecule has 1 aromatic heterocycles. The van der Waals surface area contributed by atoms with Crippen molar-refractivity contribution in [1.29, 1.82) is 0 Å². The van der Waals surface area contributed by atoms with Crippen molar-refractivity contribution in [2.24, 2.45) is 0 Å². The van der Waals surface area contributed by atoms with Crippen molar-refractivity contribution in [2.45, 2.75) is 12.8 Å². The molecule has 0 atom stereocenters. The first-order chi connectivity index (χ1) is 15.5. The predicted octanol–water partition coefficient (Wildman–Crippen LogP) is 5.51. The van der Waals surface area contributed by atoms with E-state index in [4.69, 9.17) is 16.7 Å². The van der Waals surface area contributed by atoms with Crippen molar-refractivity contribution in [3.63, 3.8) is 0 Å². The van der Waals surface area contributed by atoms with Crippen LogP contribution in [0.25, 0.3) is 11.3 Å². The molecule has 0 radical (unpaired) electrons. The molecule has 0 bridgehead atoms. The van der Waals surface area contributed by atoms with Crippen LogP contribution < -0.4 is 10.1 Å². The number of ether oxygens (including phenoxy) is 1. The quantitative estimate of drug-likeness (QED) is 0.447. The van der Waals surface area contributed by atoms with E-state index in [1.54, 1.807) is 0 Å². The number of nitrogens with one attached hydrogen (secondary N) is 1. The number of benzene rings is 2. The number of aromatic nitrogens is 1. The maximum Gasteiger partial charge on any atom is 0.422 e. The fourth-order valence-electron chi connectivity index (χ4n) is 2.75. The number of rotatable bonds is 6. The first kappa shape index (κ1) is 24.3. The van der Waals surface area contributed by atoms with Crippen molar-refractivity contribution in [1.82, 2.24) is 4.98 Å². The Morgan fingerprint density at radius 3 is 2.42 bits per heavy atom. The Balaban J connectivity index is 2.07. The number of nitrogens with zero attached hydrogens (tertiary/aromatic N) is 1. The molecule has 1 amide bonds. The summed E-state index contributed by atoms with van der Waals surface area (Å²) in [6.45, 7) is -2.64. The fourth-order valence-corrected chi connectivity index (χ4v) is 2.96. The lowest BCUT2D eigenvalue weighted by molar-refractivity contribution is -0.153. The Bertz CT molecular complexity index is 1180. The lowest BCUT2D eigenvalue weighted by Crippen LogP contribution is -2.22. The van der Waals surface area contributed by atoms with Crippen molar-refractivity contribution in [2.75, 3.05) is 11.9 Å². The average Bonchev–Trinajstić information content (AvgIpc) is 2.75. The lowest BCUT2D eigenvalue weighted by Gasteiger charge is -2.16. The van der Waals surface area contributed by atoms with E-state index >= 15 is 0 Å². The van der Waals surface area contributed by atoms with Gasteiger partial charge in [-0.25, -0.2) is 18.2 Å². The maximum atomic E-state index is 14.8. The maximum absolute atomic E-state index is 14.8. The number of alkyl halides is 3. The van der Waals surface area contributed by atoms with E-state index in [2.05, 4.69) is 15.0 Å². The molecule has 5 nitrogen and oxygen atoms in total. The van der Waals surface area contributed by atoms with Crippen molar-refractivity contribution in [3.8, 4) is 17.0 Å². The van der Waals surface area contributed by atoms with Crippen LogP contribution in [0.5, 0.6) is 5.75 Å². The van der Waals surface area contributed by atoms with E-state index < -0.39 is 71.0 Å². The van der Waals surface area contributed by atoms with Gasteiger partial charge >= 0.3 is 6.18 Å². The predicted molar refractivity (Wildman–Crippen MR) is 106 cm³/mol. The summed E-state index contributed by atoms with van der Waals surface area (Å²) in [7, 11) is 0. The zero-order chi connectivity index (χ0) is 24.3. The zero-order valence-electron chi connectivity index (χ0n) is 16.3. The molecule has 174 valence electrons. The largest absolute Gasteiger partial charge is 0.483 e. The minimum Gasteiger partial charge on any atom is -0.483 e. The molecule has 2 aromatic carbocycles. The third-order valence-electron chi connectivity index (χ3n) is 4.25. The molecule has 0 aliphatic carbocycles. The van der Waals surface area contributed by atoms with Gasteiger partial charge < -0.3 is 15.2 Å². The summed E-state index contributed by atoms with van der Waals surface area (Å²) < 4.78 is 85.3. The molecule has 0 aliphatic rings. The number of pyridine rings is 1. The monoisotopic (exact) mass is 490 g/mol. The molecule has 12 heteroatoms. The van der Waals surface area contributed by atoms with E-state index in [-0.39, 0.29) is 10.7 Å². The number of hydrogen-bond acceptors (Lipinski definition) is 4. The highest BCUT2D eigenvalue weighted by Crippen LogP contribution is 2.33. The van der Waals surface area contributed by atoms with Crippen molar-refractivity contribution in [3.05, 3.63) is 76.2 Å². The number of carbonyl (C=O) groups is 1. The second kappa shape index (κ2) is 9.67. The van der Waals surface area contributed by atoms with Crippen LogP contribution in [0.3, 0.4) is 0 Å². The van der Waals surface area contributed by atoms with Crippen LogP contribution in [-0.2, 0) is 6.61 Å². The molecule has 0 spiro atoms. The zero-order valence-corrected chi connectivity index (χ0v) is 17.1. The molecule has 0 saturated carbocycles. The highest BCUT2D eigenvalue weighted by atomic mass is 35.5. The summed E-state index contributed by atoms with van der Waals surface area (Å²) in [5.74, 6) is -4.84. The SMILES string of the molecule is O=C(Nc1c(F)cccc1Cl)c1cc(F)c(-c2ccc(F)c(CO)n2)cc1OCC(F)(F)F. The van der Waals surface area contributed by atoms with E-state index in [0.717, 1.165) is 24.3 Å². The van der Waals surface area contributed by atoms with E-state index in [9.17, 15) is 31.1 Å².